The highest BCUT2D eigenvalue weighted by Crippen LogP contribution is 2.24. The molecule has 2 aromatic rings. The molecule has 0 saturated heterocycles. The maximum Gasteiger partial charge on any atom is 0.124 e. The van der Waals surface area contributed by atoms with Crippen molar-refractivity contribution in [3.05, 3.63) is 44.6 Å². The van der Waals surface area contributed by atoms with Crippen LogP contribution in [0.1, 0.15) is 29.1 Å². The molecule has 1 unspecified atom stereocenters. The SMILES string of the molecule is CCc1nnsc1C(N)Cc1cc(F)cc(Br)c1. The Balaban J connectivity index is 2.18. The van der Waals surface area contributed by atoms with E-state index < -0.39 is 0 Å². The number of nitrogens with zero attached hydrogens (tertiary/aromatic N) is 2. The number of hydrogen-bond donors (Lipinski definition) is 1. The minimum Gasteiger partial charge on any atom is -0.323 e. The third-order valence-electron chi connectivity index (χ3n) is 2.63. The van der Waals surface area contributed by atoms with Gasteiger partial charge in [-0.05, 0) is 48.1 Å². The fourth-order valence-corrected chi connectivity index (χ4v) is 3.07. The first-order chi connectivity index (χ1) is 8.60. The molecule has 2 rings (SSSR count). The molecule has 0 aliphatic heterocycles. The standard InChI is InChI=1S/C12H13BrFN3S/c1-2-11-12(18-17-16-11)10(15)5-7-3-8(13)6-9(14)4-7/h3-4,6,10H,2,5,15H2,1H3. The Morgan fingerprint density at radius 2 is 2.22 bits per heavy atom. The first-order valence-corrected chi connectivity index (χ1v) is 7.18. The molecule has 1 aromatic heterocycles. The number of hydrogen-bond acceptors (Lipinski definition) is 4. The van der Waals surface area contributed by atoms with E-state index in [1.165, 1.54) is 23.7 Å². The van der Waals surface area contributed by atoms with Gasteiger partial charge >= 0.3 is 0 Å². The second kappa shape index (κ2) is 5.86. The maximum atomic E-state index is 13.3. The minimum atomic E-state index is -0.260. The van der Waals surface area contributed by atoms with E-state index in [1.807, 2.05) is 13.0 Å². The summed E-state index contributed by atoms with van der Waals surface area (Å²) < 4.78 is 17.9. The van der Waals surface area contributed by atoms with Gasteiger partial charge in [0.2, 0.25) is 0 Å². The van der Waals surface area contributed by atoms with Gasteiger partial charge in [-0.15, -0.1) is 5.10 Å². The van der Waals surface area contributed by atoms with Crippen molar-refractivity contribution >= 4 is 27.5 Å². The normalized spacial score (nSPS) is 12.7. The molecule has 0 saturated carbocycles. The number of aryl methyl sites for hydroxylation is 1. The Hall–Kier alpha value is -0.850. The molecular weight excluding hydrogens is 317 g/mol. The predicted octanol–water partition coefficient (Wildman–Crippen LogP) is 3.24. The van der Waals surface area contributed by atoms with Gasteiger partial charge in [0, 0.05) is 10.5 Å². The molecule has 1 atom stereocenters. The van der Waals surface area contributed by atoms with E-state index in [0.717, 1.165) is 27.0 Å². The summed E-state index contributed by atoms with van der Waals surface area (Å²) in [7, 11) is 0. The zero-order valence-electron chi connectivity index (χ0n) is 9.86. The van der Waals surface area contributed by atoms with Gasteiger partial charge in [-0.25, -0.2) is 4.39 Å². The summed E-state index contributed by atoms with van der Waals surface area (Å²) in [4.78, 5) is 0.984. The quantitative estimate of drug-likeness (QED) is 0.936. The molecule has 96 valence electrons. The van der Waals surface area contributed by atoms with E-state index in [0.29, 0.717) is 6.42 Å². The van der Waals surface area contributed by atoms with E-state index in [-0.39, 0.29) is 11.9 Å². The molecule has 1 heterocycles. The molecule has 2 N–H and O–H groups in total. The first kappa shape index (κ1) is 13.6. The van der Waals surface area contributed by atoms with Gasteiger partial charge in [0.25, 0.3) is 0 Å². The van der Waals surface area contributed by atoms with Crippen molar-refractivity contribution in [2.75, 3.05) is 0 Å². The first-order valence-electron chi connectivity index (χ1n) is 5.61. The van der Waals surface area contributed by atoms with Crippen LogP contribution in [0.15, 0.2) is 22.7 Å². The lowest BCUT2D eigenvalue weighted by molar-refractivity contribution is 0.621. The van der Waals surface area contributed by atoms with Crippen LogP contribution in [0.25, 0.3) is 0 Å². The smallest absolute Gasteiger partial charge is 0.124 e. The van der Waals surface area contributed by atoms with Crippen LogP contribution in [0.5, 0.6) is 0 Å². The molecule has 0 aliphatic carbocycles. The van der Waals surface area contributed by atoms with Gasteiger partial charge in [-0.2, -0.15) is 0 Å². The maximum absolute atomic E-state index is 13.3. The van der Waals surface area contributed by atoms with Crippen molar-refractivity contribution in [3.63, 3.8) is 0 Å². The predicted molar refractivity (Wildman–Crippen MR) is 74.0 cm³/mol. The molecule has 0 radical (unpaired) electrons. The Morgan fingerprint density at radius 1 is 1.44 bits per heavy atom. The molecule has 3 nitrogen and oxygen atoms in total. The van der Waals surface area contributed by atoms with Crippen LogP contribution < -0.4 is 5.73 Å². The molecule has 0 spiro atoms. The van der Waals surface area contributed by atoms with E-state index in [2.05, 4.69) is 25.5 Å². The van der Waals surface area contributed by atoms with Crippen LogP contribution in [0.2, 0.25) is 0 Å². The fourth-order valence-electron chi connectivity index (χ4n) is 1.82. The van der Waals surface area contributed by atoms with Crippen molar-refractivity contribution in [2.24, 2.45) is 5.73 Å². The van der Waals surface area contributed by atoms with Crippen molar-refractivity contribution in [3.8, 4) is 0 Å². The highest BCUT2D eigenvalue weighted by atomic mass is 79.9. The van der Waals surface area contributed by atoms with Crippen molar-refractivity contribution in [1.29, 1.82) is 0 Å². The molecule has 0 bridgehead atoms. The molecule has 0 amide bonds. The number of rotatable bonds is 4. The topological polar surface area (TPSA) is 51.8 Å². The average Bonchev–Trinajstić information content (AvgIpc) is 2.75. The van der Waals surface area contributed by atoms with Crippen molar-refractivity contribution < 1.29 is 4.39 Å². The van der Waals surface area contributed by atoms with E-state index in [4.69, 9.17) is 5.73 Å². The minimum absolute atomic E-state index is 0.186. The van der Waals surface area contributed by atoms with Gasteiger partial charge < -0.3 is 5.73 Å². The Labute approximate surface area is 118 Å². The fraction of sp³-hybridized carbons (Fsp3) is 0.333. The lowest BCUT2D eigenvalue weighted by Crippen LogP contribution is -2.13. The van der Waals surface area contributed by atoms with E-state index in [1.54, 1.807) is 0 Å². The van der Waals surface area contributed by atoms with Crippen LogP contribution in [-0.2, 0) is 12.8 Å². The van der Waals surface area contributed by atoms with Crippen LogP contribution in [0, 0.1) is 5.82 Å². The Kier molecular flexibility index (Phi) is 4.42. The van der Waals surface area contributed by atoms with Crippen molar-refractivity contribution in [1.82, 2.24) is 9.59 Å². The lowest BCUT2D eigenvalue weighted by Gasteiger charge is -2.10. The zero-order chi connectivity index (χ0) is 13.1. The van der Waals surface area contributed by atoms with E-state index in [9.17, 15) is 4.39 Å². The summed E-state index contributed by atoms with van der Waals surface area (Å²) in [5.41, 5.74) is 7.94. The lowest BCUT2D eigenvalue weighted by atomic mass is 10.0. The largest absolute Gasteiger partial charge is 0.323 e. The summed E-state index contributed by atoms with van der Waals surface area (Å²) >= 11 is 4.60. The molecule has 0 fully saturated rings. The van der Waals surface area contributed by atoms with Gasteiger partial charge in [0.1, 0.15) is 5.82 Å². The van der Waals surface area contributed by atoms with Crippen LogP contribution in [-0.4, -0.2) is 9.59 Å². The molecule has 0 aliphatic rings. The van der Waals surface area contributed by atoms with Crippen LogP contribution >= 0.6 is 27.5 Å². The van der Waals surface area contributed by atoms with Gasteiger partial charge in [0.05, 0.1) is 10.6 Å². The van der Waals surface area contributed by atoms with Gasteiger partial charge in [-0.3, -0.25) is 0 Å². The number of benzene rings is 1. The second-order valence-corrected chi connectivity index (χ2v) is 5.73. The van der Waals surface area contributed by atoms with Crippen LogP contribution in [0.3, 0.4) is 0 Å². The number of aromatic nitrogens is 2. The summed E-state index contributed by atoms with van der Waals surface area (Å²) in [6, 6.07) is 4.63. The molecule has 18 heavy (non-hydrogen) atoms. The number of nitrogens with two attached hydrogens (primary N) is 1. The third kappa shape index (κ3) is 3.13. The highest BCUT2D eigenvalue weighted by Gasteiger charge is 2.15. The monoisotopic (exact) mass is 329 g/mol. The van der Waals surface area contributed by atoms with Gasteiger partial charge in [-0.1, -0.05) is 27.3 Å². The van der Waals surface area contributed by atoms with Crippen LogP contribution in [0.4, 0.5) is 4.39 Å². The van der Waals surface area contributed by atoms with E-state index >= 15 is 0 Å². The Morgan fingerprint density at radius 3 is 2.89 bits per heavy atom. The summed E-state index contributed by atoms with van der Waals surface area (Å²) in [6.45, 7) is 2.02. The highest BCUT2D eigenvalue weighted by molar-refractivity contribution is 9.10. The average molecular weight is 330 g/mol. The second-order valence-electron chi connectivity index (χ2n) is 4.03. The summed E-state index contributed by atoms with van der Waals surface area (Å²) in [5.74, 6) is -0.260. The number of halogens is 2. The summed E-state index contributed by atoms with van der Waals surface area (Å²) in [6.07, 6.45) is 1.39. The molecule has 1 aromatic carbocycles. The Bertz CT molecular complexity index is 524. The molecule has 6 heteroatoms. The zero-order valence-corrected chi connectivity index (χ0v) is 12.3. The summed E-state index contributed by atoms with van der Waals surface area (Å²) in [5, 5.41) is 4.04. The van der Waals surface area contributed by atoms with Gasteiger partial charge in [0.15, 0.2) is 0 Å². The third-order valence-corrected chi connectivity index (χ3v) is 3.99. The van der Waals surface area contributed by atoms with Crippen molar-refractivity contribution in [2.45, 2.75) is 25.8 Å². The molecular formula is C12H13BrFN3S.